The SMILES string of the molecule is OCC(CBr)C1CCCCC1. The quantitative estimate of drug-likeness (QED) is 0.726. The Bertz CT molecular complexity index is 95.7. The maximum atomic E-state index is 9.05. The van der Waals surface area contributed by atoms with E-state index in [1.807, 2.05) is 0 Å². The minimum atomic E-state index is 0.357. The molecule has 0 bridgehead atoms. The average molecular weight is 221 g/mol. The number of hydrogen-bond donors (Lipinski definition) is 1. The summed E-state index contributed by atoms with van der Waals surface area (Å²) in [6, 6.07) is 0. The summed E-state index contributed by atoms with van der Waals surface area (Å²) < 4.78 is 0. The molecule has 66 valence electrons. The number of aliphatic hydroxyl groups is 1. The van der Waals surface area contributed by atoms with E-state index in [4.69, 9.17) is 5.11 Å². The molecule has 0 radical (unpaired) electrons. The molecule has 1 aliphatic carbocycles. The normalized spacial score (nSPS) is 23.5. The predicted molar refractivity (Wildman–Crippen MR) is 50.9 cm³/mol. The van der Waals surface area contributed by atoms with E-state index in [0.717, 1.165) is 11.2 Å². The molecule has 0 amide bonds. The van der Waals surface area contributed by atoms with Gasteiger partial charge in [0.2, 0.25) is 0 Å². The van der Waals surface area contributed by atoms with Crippen LogP contribution in [0.15, 0.2) is 0 Å². The van der Waals surface area contributed by atoms with Crippen molar-refractivity contribution >= 4 is 15.9 Å². The van der Waals surface area contributed by atoms with Gasteiger partial charge in [-0.2, -0.15) is 0 Å². The molecule has 0 aromatic carbocycles. The van der Waals surface area contributed by atoms with E-state index in [-0.39, 0.29) is 0 Å². The summed E-state index contributed by atoms with van der Waals surface area (Å²) in [7, 11) is 0. The van der Waals surface area contributed by atoms with E-state index in [2.05, 4.69) is 15.9 Å². The third-order valence-corrected chi connectivity index (χ3v) is 3.58. The van der Waals surface area contributed by atoms with E-state index in [1.54, 1.807) is 0 Å². The molecule has 0 aromatic heterocycles. The minimum absolute atomic E-state index is 0.357. The first-order valence-corrected chi connectivity index (χ1v) is 5.67. The van der Waals surface area contributed by atoms with Gasteiger partial charge in [-0.15, -0.1) is 0 Å². The van der Waals surface area contributed by atoms with E-state index in [9.17, 15) is 0 Å². The van der Waals surface area contributed by atoms with Gasteiger partial charge in [-0.1, -0.05) is 48.0 Å². The van der Waals surface area contributed by atoms with Gasteiger partial charge in [0.25, 0.3) is 0 Å². The molecule has 1 fully saturated rings. The Morgan fingerprint density at radius 2 is 1.91 bits per heavy atom. The number of halogens is 1. The Kier molecular flexibility index (Phi) is 4.46. The van der Waals surface area contributed by atoms with Crippen molar-refractivity contribution in [1.29, 1.82) is 0 Å². The van der Waals surface area contributed by atoms with Gasteiger partial charge in [0.1, 0.15) is 0 Å². The third-order valence-electron chi connectivity index (χ3n) is 2.75. The molecule has 1 unspecified atom stereocenters. The van der Waals surface area contributed by atoms with Crippen molar-refractivity contribution in [3.8, 4) is 0 Å². The lowest BCUT2D eigenvalue weighted by atomic mass is 9.81. The van der Waals surface area contributed by atoms with Gasteiger partial charge in [0.15, 0.2) is 0 Å². The fourth-order valence-electron chi connectivity index (χ4n) is 1.93. The minimum Gasteiger partial charge on any atom is -0.396 e. The van der Waals surface area contributed by atoms with Crippen LogP contribution in [0.1, 0.15) is 32.1 Å². The van der Waals surface area contributed by atoms with Crippen LogP contribution in [0.4, 0.5) is 0 Å². The summed E-state index contributed by atoms with van der Waals surface area (Å²) in [4.78, 5) is 0. The van der Waals surface area contributed by atoms with E-state index in [0.29, 0.717) is 12.5 Å². The van der Waals surface area contributed by atoms with Crippen LogP contribution in [0.25, 0.3) is 0 Å². The van der Waals surface area contributed by atoms with Crippen LogP contribution in [0.2, 0.25) is 0 Å². The molecule has 0 aromatic rings. The second-order valence-corrected chi connectivity index (χ2v) is 4.14. The summed E-state index contributed by atoms with van der Waals surface area (Å²) in [5.41, 5.74) is 0. The van der Waals surface area contributed by atoms with Crippen LogP contribution >= 0.6 is 15.9 Å². The highest BCUT2D eigenvalue weighted by Gasteiger charge is 2.21. The van der Waals surface area contributed by atoms with Crippen molar-refractivity contribution in [3.05, 3.63) is 0 Å². The molecule has 1 rings (SSSR count). The highest BCUT2D eigenvalue weighted by atomic mass is 79.9. The van der Waals surface area contributed by atoms with Crippen LogP contribution < -0.4 is 0 Å². The number of aliphatic hydroxyl groups excluding tert-OH is 1. The highest BCUT2D eigenvalue weighted by molar-refractivity contribution is 9.09. The van der Waals surface area contributed by atoms with Gasteiger partial charge < -0.3 is 5.11 Å². The Morgan fingerprint density at radius 3 is 2.36 bits per heavy atom. The Morgan fingerprint density at radius 1 is 1.27 bits per heavy atom. The third kappa shape index (κ3) is 2.75. The molecule has 0 aliphatic heterocycles. The Hall–Kier alpha value is 0.440. The van der Waals surface area contributed by atoms with Crippen molar-refractivity contribution in [3.63, 3.8) is 0 Å². The highest BCUT2D eigenvalue weighted by Crippen LogP contribution is 2.30. The first-order valence-electron chi connectivity index (χ1n) is 4.55. The van der Waals surface area contributed by atoms with Crippen molar-refractivity contribution in [2.24, 2.45) is 11.8 Å². The first kappa shape index (κ1) is 9.53. The lowest BCUT2D eigenvalue weighted by Gasteiger charge is -2.27. The standard InChI is InChI=1S/C9H17BrO/c10-6-9(7-11)8-4-2-1-3-5-8/h8-9,11H,1-7H2. The zero-order valence-electron chi connectivity index (χ0n) is 6.93. The molecule has 1 aliphatic rings. The van der Waals surface area contributed by atoms with Crippen LogP contribution in [0.5, 0.6) is 0 Å². The molecule has 11 heavy (non-hydrogen) atoms. The van der Waals surface area contributed by atoms with Crippen LogP contribution in [-0.4, -0.2) is 17.0 Å². The number of hydrogen-bond acceptors (Lipinski definition) is 1. The van der Waals surface area contributed by atoms with Crippen LogP contribution in [0.3, 0.4) is 0 Å². The van der Waals surface area contributed by atoms with Gasteiger partial charge in [-0.25, -0.2) is 0 Å². The fourth-order valence-corrected chi connectivity index (χ4v) is 2.66. The van der Waals surface area contributed by atoms with Crippen molar-refractivity contribution in [2.45, 2.75) is 32.1 Å². The second kappa shape index (κ2) is 5.15. The molecule has 1 N–H and O–H groups in total. The lowest BCUT2D eigenvalue weighted by Crippen LogP contribution is -2.22. The number of alkyl halides is 1. The van der Waals surface area contributed by atoms with Crippen LogP contribution in [-0.2, 0) is 0 Å². The first-order chi connectivity index (χ1) is 5.38. The average Bonchev–Trinajstić information content (AvgIpc) is 2.09. The molecular weight excluding hydrogens is 204 g/mol. The maximum Gasteiger partial charge on any atom is 0.0469 e. The van der Waals surface area contributed by atoms with Crippen molar-refractivity contribution in [1.82, 2.24) is 0 Å². The molecule has 1 atom stereocenters. The fraction of sp³-hybridized carbons (Fsp3) is 1.00. The zero-order valence-corrected chi connectivity index (χ0v) is 8.52. The smallest absolute Gasteiger partial charge is 0.0469 e. The Labute approximate surface area is 77.3 Å². The summed E-state index contributed by atoms with van der Waals surface area (Å²) in [6.45, 7) is 0.357. The van der Waals surface area contributed by atoms with Crippen LogP contribution in [0, 0.1) is 11.8 Å². The molecule has 1 saturated carbocycles. The summed E-state index contributed by atoms with van der Waals surface area (Å²) >= 11 is 3.45. The summed E-state index contributed by atoms with van der Waals surface area (Å²) in [6.07, 6.45) is 6.80. The Balaban J connectivity index is 2.30. The van der Waals surface area contributed by atoms with E-state index < -0.39 is 0 Å². The van der Waals surface area contributed by atoms with Crippen molar-refractivity contribution < 1.29 is 5.11 Å². The van der Waals surface area contributed by atoms with Crippen molar-refractivity contribution in [2.75, 3.05) is 11.9 Å². The molecular formula is C9H17BrO. The zero-order chi connectivity index (χ0) is 8.10. The molecule has 2 heteroatoms. The largest absolute Gasteiger partial charge is 0.396 e. The summed E-state index contributed by atoms with van der Waals surface area (Å²) in [5.74, 6) is 1.29. The van der Waals surface area contributed by atoms with Gasteiger partial charge >= 0.3 is 0 Å². The number of rotatable bonds is 3. The predicted octanol–water partition coefficient (Wildman–Crippen LogP) is 2.57. The molecule has 0 heterocycles. The van der Waals surface area contributed by atoms with Gasteiger partial charge in [0.05, 0.1) is 0 Å². The van der Waals surface area contributed by atoms with E-state index >= 15 is 0 Å². The second-order valence-electron chi connectivity index (χ2n) is 3.50. The van der Waals surface area contributed by atoms with Gasteiger partial charge in [-0.3, -0.25) is 0 Å². The molecule has 0 saturated heterocycles. The van der Waals surface area contributed by atoms with Gasteiger partial charge in [0, 0.05) is 11.9 Å². The lowest BCUT2D eigenvalue weighted by molar-refractivity contribution is 0.164. The van der Waals surface area contributed by atoms with Gasteiger partial charge in [-0.05, 0) is 11.8 Å². The monoisotopic (exact) mass is 220 g/mol. The summed E-state index contributed by atoms with van der Waals surface area (Å²) in [5, 5.41) is 10.0. The molecule has 1 nitrogen and oxygen atoms in total. The topological polar surface area (TPSA) is 20.2 Å². The molecule has 0 spiro atoms. The van der Waals surface area contributed by atoms with E-state index in [1.165, 1.54) is 32.1 Å². The maximum absolute atomic E-state index is 9.05.